The fraction of sp³-hybridized carbons (Fsp3) is 1.00. The zero-order chi connectivity index (χ0) is 12.1. The van der Waals surface area contributed by atoms with Crippen molar-refractivity contribution in [1.29, 1.82) is 0 Å². The van der Waals surface area contributed by atoms with Crippen molar-refractivity contribution in [2.75, 3.05) is 19.7 Å². The fourth-order valence-corrected chi connectivity index (χ4v) is 2.49. The van der Waals surface area contributed by atoms with Crippen LogP contribution in [0.2, 0.25) is 0 Å². The van der Waals surface area contributed by atoms with Gasteiger partial charge in [-0.15, -0.1) is 0 Å². The molecule has 96 valence electrons. The lowest BCUT2D eigenvalue weighted by Gasteiger charge is -2.24. The van der Waals surface area contributed by atoms with Gasteiger partial charge in [0.05, 0.1) is 6.61 Å². The summed E-state index contributed by atoms with van der Waals surface area (Å²) < 4.78 is 0. The molecule has 2 N–H and O–H groups in total. The highest BCUT2D eigenvalue weighted by molar-refractivity contribution is 4.85. The van der Waals surface area contributed by atoms with E-state index in [1.807, 2.05) is 0 Å². The zero-order valence-electron chi connectivity index (χ0n) is 11.2. The topological polar surface area (TPSA) is 35.5 Å². The summed E-state index contributed by atoms with van der Waals surface area (Å²) in [6.07, 6.45) is 2.28. The Balaban J connectivity index is 2.31. The Morgan fingerprint density at radius 2 is 2.00 bits per heavy atom. The van der Waals surface area contributed by atoms with Gasteiger partial charge in [-0.25, -0.2) is 0 Å². The number of aliphatic hydroxyl groups is 1. The van der Waals surface area contributed by atoms with Gasteiger partial charge in [-0.3, -0.25) is 4.90 Å². The molecule has 1 fully saturated rings. The van der Waals surface area contributed by atoms with E-state index in [2.05, 4.69) is 37.9 Å². The smallest absolute Gasteiger partial charge is 0.0584 e. The van der Waals surface area contributed by atoms with Crippen molar-refractivity contribution in [3.63, 3.8) is 0 Å². The first kappa shape index (κ1) is 13.9. The second-order valence-electron chi connectivity index (χ2n) is 5.75. The van der Waals surface area contributed by atoms with Gasteiger partial charge in [-0.2, -0.15) is 0 Å². The van der Waals surface area contributed by atoms with Gasteiger partial charge < -0.3 is 10.4 Å². The summed E-state index contributed by atoms with van der Waals surface area (Å²) in [7, 11) is 0. The van der Waals surface area contributed by atoms with Gasteiger partial charge in [0.15, 0.2) is 0 Å². The maximum Gasteiger partial charge on any atom is 0.0584 e. The number of aliphatic hydroxyl groups excluding tert-OH is 1. The van der Waals surface area contributed by atoms with Gasteiger partial charge in [0, 0.05) is 24.7 Å². The zero-order valence-corrected chi connectivity index (χ0v) is 11.2. The minimum atomic E-state index is 0.260. The highest BCUT2D eigenvalue weighted by Crippen LogP contribution is 2.14. The van der Waals surface area contributed by atoms with Crippen LogP contribution in [0.3, 0.4) is 0 Å². The summed E-state index contributed by atoms with van der Waals surface area (Å²) in [5.41, 5.74) is 0. The van der Waals surface area contributed by atoms with Gasteiger partial charge >= 0.3 is 0 Å². The maximum absolute atomic E-state index is 9.33. The van der Waals surface area contributed by atoms with Crippen LogP contribution in [0.4, 0.5) is 0 Å². The Bertz CT molecular complexity index is 194. The SMILES string of the molecule is CC(C)CC(CO)NC1CCN(C(C)C)C1. The molecule has 2 unspecified atom stereocenters. The van der Waals surface area contributed by atoms with Crippen LogP contribution >= 0.6 is 0 Å². The number of nitrogens with zero attached hydrogens (tertiary/aromatic N) is 1. The Labute approximate surface area is 100 Å². The highest BCUT2D eigenvalue weighted by Gasteiger charge is 2.25. The molecule has 0 aromatic rings. The minimum Gasteiger partial charge on any atom is -0.395 e. The summed E-state index contributed by atoms with van der Waals surface area (Å²) in [6, 6.07) is 1.49. The van der Waals surface area contributed by atoms with Crippen LogP contribution in [-0.4, -0.2) is 47.8 Å². The predicted octanol–water partition coefficient (Wildman–Crippen LogP) is 1.47. The monoisotopic (exact) mass is 228 g/mol. The molecule has 1 aliphatic heterocycles. The molecule has 0 spiro atoms. The normalized spacial score (nSPS) is 24.6. The molecular formula is C13H28N2O. The molecule has 3 heteroatoms. The first-order valence-electron chi connectivity index (χ1n) is 6.63. The molecule has 0 saturated carbocycles. The quantitative estimate of drug-likeness (QED) is 0.722. The Morgan fingerprint density at radius 3 is 2.44 bits per heavy atom. The molecule has 0 amide bonds. The van der Waals surface area contributed by atoms with Crippen LogP contribution in [-0.2, 0) is 0 Å². The number of hydrogen-bond donors (Lipinski definition) is 2. The van der Waals surface area contributed by atoms with Crippen LogP contribution in [0.15, 0.2) is 0 Å². The lowest BCUT2D eigenvalue weighted by molar-refractivity contribution is 0.207. The summed E-state index contributed by atoms with van der Waals surface area (Å²) in [5, 5.41) is 12.9. The largest absolute Gasteiger partial charge is 0.395 e. The molecule has 0 radical (unpaired) electrons. The third kappa shape index (κ3) is 4.40. The Morgan fingerprint density at radius 1 is 1.31 bits per heavy atom. The predicted molar refractivity (Wildman–Crippen MR) is 68.6 cm³/mol. The molecule has 16 heavy (non-hydrogen) atoms. The fourth-order valence-electron chi connectivity index (χ4n) is 2.49. The van der Waals surface area contributed by atoms with E-state index in [-0.39, 0.29) is 12.6 Å². The van der Waals surface area contributed by atoms with Gasteiger partial charge in [-0.05, 0) is 39.2 Å². The lowest BCUT2D eigenvalue weighted by Crippen LogP contribution is -2.43. The summed E-state index contributed by atoms with van der Waals surface area (Å²) >= 11 is 0. The molecule has 1 heterocycles. The minimum absolute atomic E-state index is 0.260. The highest BCUT2D eigenvalue weighted by atomic mass is 16.3. The molecule has 1 saturated heterocycles. The molecule has 3 nitrogen and oxygen atoms in total. The number of likely N-dealkylation sites (tertiary alicyclic amines) is 1. The third-order valence-corrected chi connectivity index (χ3v) is 3.40. The standard InChI is InChI=1S/C13H28N2O/c1-10(2)7-13(9-16)14-12-5-6-15(8-12)11(3)4/h10-14,16H,5-9H2,1-4H3. The van der Waals surface area contributed by atoms with E-state index in [9.17, 15) is 5.11 Å². The van der Waals surface area contributed by atoms with E-state index in [4.69, 9.17) is 0 Å². The molecule has 1 rings (SSSR count). The van der Waals surface area contributed by atoms with Crippen LogP contribution in [0.5, 0.6) is 0 Å². The first-order valence-corrected chi connectivity index (χ1v) is 6.63. The Kier molecular flexibility index (Phi) is 5.73. The van der Waals surface area contributed by atoms with E-state index < -0.39 is 0 Å². The van der Waals surface area contributed by atoms with E-state index in [0.717, 1.165) is 13.0 Å². The van der Waals surface area contributed by atoms with Crippen molar-refractivity contribution in [3.05, 3.63) is 0 Å². The number of hydrogen-bond acceptors (Lipinski definition) is 3. The Hall–Kier alpha value is -0.120. The average molecular weight is 228 g/mol. The van der Waals surface area contributed by atoms with E-state index in [1.165, 1.54) is 13.0 Å². The summed E-state index contributed by atoms with van der Waals surface area (Å²) in [5.74, 6) is 0.646. The van der Waals surface area contributed by atoms with Gasteiger partial charge in [0.2, 0.25) is 0 Å². The molecule has 0 aromatic carbocycles. The third-order valence-electron chi connectivity index (χ3n) is 3.40. The second-order valence-corrected chi connectivity index (χ2v) is 5.75. The molecule has 0 aromatic heterocycles. The molecule has 0 bridgehead atoms. The van der Waals surface area contributed by atoms with Crippen molar-refractivity contribution in [1.82, 2.24) is 10.2 Å². The second kappa shape index (κ2) is 6.58. The van der Waals surface area contributed by atoms with Crippen LogP contribution in [0.25, 0.3) is 0 Å². The van der Waals surface area contributed by atoms with Gasteiger partial charge in [0.25, 0.3) is 0 Å². The van der Waals surface area contributed by atoms with Crippen LogP contribution in [0.1, 0.15) is 40.5 Å². The first-order chi connectivity index (χ1) is 7.52. The number of rotatable bonds is 6. The van der Waals surface area contributed by atoms with Crippen molar-refractivity contribution in [2.45, 2.75) is 58.7 Å². The van der Waals surface area contributed by atoms with Crippen LogP contribution in [0, 0.1) is 5.92 Å². The molecule has 1 aliphatic rings. The van der Waals surface area contributed by atoms with E-state index >= 15 is 0 Å². The average Bonchev–Trinajstić information content (AvgIpc) is 2.64. The maximum atomic E-state index is 9.33. The molecule has 0 aliphatic carbocycles. The van der Waals surface area contributed by atoms with Crippen LogP contribution < -0.4 is 5.32 Å². The van der Waals surface area contributed by atoms with Crippen molar-refractivity contribution in [3.8, 4) is 0 Å². The van der Waals surface area contributed by atoms with Gasteiger partial charge in [-0.1, -0.05) is 13.8 Å². The molecular weight excluding hydrogens is 200 g/mol. The van der Waals surface area contributed by atoms with Crippen molar-refractivity contribution < 1.29 is 5.11 Å². The summed E-state index contributed by atoms with van der Waals surface area (Å²) in [4.78, 5) is 2.50. The van der Waals surface area contributed by atoms with Gasteiger partial charge in [0.1, 0.15) is 0 Å². The molecule has 2 atom stereocenters. The van der Waals surface area contributed by atoms with Crippen molar-refractivity contribution in [2.24, 2.45) is 5.92 Å². The van der Waals surface area contributed by atoms with E-state index in [0.29, 0.717) is 18.0 Å². The van der Waals surface area contributed by atoms with Crippen molar-refractivity contribution >= 4 is 0 Å². The lowest BCUT2D eigenvalue weighted by atomic mass is 10.0. The summed E-state index contributed by atoms with van der Waals surface area (Å²) in [6.45, 7) is 11.5. The number of nitrogens with one attached hydrogen (secondary N) is 1. The van der Waals surface area contributed by atoms with E-state index in [1.54, 1.807) is 0 Å².